The molecule has 0 radical (unpaired) electrons. The van der Waals surface area contributed by atoms with Gasteiger partial charge in [-0.15, -0.1) is 0 Å². The first-order valence-electron chi connectivity index (χ1n) is 8.60. The van der Waals surface area contributed by atoms with Gasteiger partial charge in [0.1, 0.15) is 12.1 Å². The van der Waals surface area contributed by atoms with Gasteiger partial charge in [0.25, 0.3) is 0 Å². The van der Waals surface area contributed by atoms with Crippen LogP contribution in [0.15, 0.2) is 30.7 Å². The minimum absolute atomic E-state index is 0.676. The second kappa shape index (κ2) is 6.73. The summed E-state index contributed by atoms with van der Waals surface area (Å²) in [4.78, 5) is 17.9. The largest absolute Gasteiger partial charge is 0.481 e. The minimum Gasteiger partial charge on any atom is -0.481 e. The summed E-state index contributed by atoms with van der Waals surface area (Å²) in [6, 6.07) is 6.25. The van der Waals surface area contributed by atoms with Gasteiger partial charge >= 0.3 is 0 Å². The highest BCUT2D eigenvalue weighted by atomic mass is 16.5. The normalized spacial score (nSPS) is 18.6. The number of hydrogen-bond donors (Lipinski definition) is 0. The lowest BCUT2D eigenvalue weighted by Gasteiger charge is -2.35. The van der Waals surface area contributed by atoms with Crippen molar-refractivity contribution in [1.82, 2.24) is 19.9 Å². The molecular formula is C18H23N5O. The Balaban J connectivity index is 1.35. The van der Waals surface area contributed by atoms with Crippen LogP contribution < -0.4 is 9.64 Å². The van der Waals surface area contributed by atoms with Crippen LogP contribution in [0.1, 0.15) is 30.0 Å². The SMILES string of the molecule is COc1cc(CN2CCN(c3cc(C4CC4)ncn3)CC2)ccn1. The summed E-state index contributed by atoms with van der Waals surface area (Å²) >= 11 is 0. The van der Waals surface area contributed by atoms with Crippen LogP contribution in [-0.2, 0) is 6.54 Å². The van der Waals surface area contributed by atoms with Gasteiger partial charge in [0.05, 0.1) is 7.11 Å². The Bertz CT molecular complexity index is 695. The molecule has 6 nitrogen and oxygen atoms in total. The van der Waals surface area contributed by atoms with E-state index in [-0.39, 0.29) is 0 Å². The topological polar surface area (TPSA) is 54.4 Å². The third kappa shape index (κ3) is 3.48. The molecule has 0 spiro atoms. The Labute approximate surface area is 142 Å². The molecule has 1 saturated heterocycles. The second-order valence-electron chi connectivity index (χ2n) is 6.54. The van der Waals surface area contributed by atoms with E-state index in [1.807, 2.05) is 12.3 Å². The molecule has 6 heteroatoms. The van der Waals surface area contributed by atoms with E-state index in [1.54, 1.807) is 13.4 Å². The van der Waals surface area contributed by atoms with E-state index in [9.17, 15) is 0 Å². The zero-order valence-corrected chi connectivity index (χ0v) is 14.1. The van der Waals surface area contributed by atoms with Crippen molar-refractivity contribution < 1.29 is 4.74 Å². The fraction of sp³-hybridized carbons (Fsp3) is 0.500. The van der Waals surface area contributed by atoms with Crippen LogP contribution in [0.3, 0.4) is 0 Å². The molecule has 1 aliphatic heterocycles. The van der Waals surface area contributed by atoms with Crippen molar-refractivity contribution in [2.75, 3.05) is 38.2 Å². The lowest BCUT2D eigenvalue weighted by Crippen LogP contribution is -2.46. The molecular weight excluding hydrogens is 302 g/mol. The highest BCUT2D eigenvalue weighted by molar-refractivity contribution is 5.41. The fourth-order valence-electron chi connectivity index (χ4n) is 3.19. The maximum absolute atomic E-state index is 5.20. The number of aromatic nitrogens is 3. The number of anilines is 1. The van der Waals surface area contributed by atoms with Gasteiger partial charge in [-0.2, -0.15) is 0 Å². The highest BCUT2D eigenvalue weighted by Gasteiger charge is 2.26. The van der Waals surface area contributed by atoms with Crippen molar-refractivity contribution >= 4 is 5.82 Å². The number of ether oxygens (including phenoxy) is 1. The average molecular weight is 325 g/mol. The molecule has 0 aromatic carbocycles. The van der Waals surface area contributed by atoms with Crippen LogP contribution in [-0.4, -0.2) is 53.1 Å². The molecule has 24 heavy (non-hydrogen) atoms. The maximum atomic E-state index is 5.20. The molecule has 126 valence electrons. The van der Waals surface area contributed by atoms with Gasteiger partial charge in [0.15, 0.2) is 0 Å². The first-order chi connectivity index (χ1) is 11.8. The van der Waals surface area contributed by atoms with E-state index in [4.69, 9.17) is 4.74 Å². The summed E-state index contributed by atoms with van der Waals surface area (Å²) < 4.78 is 5.20. The van der Waals surface area contributed by atoms with Crippen LogP contribution in [0.4, 0.5) is 5.82 Å². The number of nitrogens with zero attached hydrogens (tertiary/aromatic N) is 5. The third-order valence-electron chi connectivity index (χ3n) is 4.78. The summed E-state index contributed by atoms with van der Waals surface area (Å²) in [5, 5.41) is 0. The van der Waals surface area contributed by atoms with Gasteiger partial charge in [0.2, 0.25) is 5.88 Å². The van der Waals surface area contributed by atoms with E-state index >= 15 is 0 Å². The van der Waals surface area contributed by atoms with Gasteiger partial charge in [-0.3, -0.25) is 4.90 Å². The number of rotatable bonds is 5. The van der Waals surface area contributed by atoms with Crippen molar-refractivity contribution in [3.63, 3.8) is 0 Å². The number of pyridine rings is 1. The molecule has 3 heterocycles. The van der Waals surface area contributed by atoms with Gasteiger partial charge < -0.3 is 9.64 Å². The lowest BCUT2D eigenvalue weighted by molar-refractivity contribution is 0.249. The molecule has 0 N–H and O–H groups in total. The second-order valence-corrected chi connectivity index (χ2v) is 6.54. The van der Waals surface area contributed by atoms with Crippen LogP contribution in [0, 0.1) is 0 Å². The Morgan fingerprint density at radius 2 is 1.92 bits per heavy atom. The van der Waals surface area contributed by atoms with Gasteiger partial charge in [-0.25, -0.2) is 15.0 Å². The lowest BCUT2D eigenvalue weighted by atomic mass is 10.2. The Hall–Kier alpha value is -2.21. The molecule has 2 fully saturated rings. The zero-order valence-electron chi connectivity index (χ0n) is 14.1. The van der Waals surface area contributed by atoms with Crippen LogP contribution in [0.2, 0.25) is 0 Å². The molecule has 2 aromatic heterocycles. The van der Waals surface area contributed by atoms with E-state index < -0.39 is 0 Å². The molecule has 2 aliphatic rings. The third-order valence-corrected chi connectivity index (χ3v) is 4.78. The van der Waals surface area contributed by atoms with Crippen LogP contribution in [0.25, 0.3) is 0 Å². The predicted molar refractivity (Wildman–Crippen MR) is 92.3 cm³/mol. The fourth-order valence-corrected chi connectivity index (χ4v) is 3.19. The van der Waals surface area contributed by atoms with Crippen molar-refractivity contribution in [3.8, 4) is 5.88 Å². The first kappa shape index (κ1) is 15.3. The van der Waals surface area contributed by atoms with E-state index in [1.165, 1.54) is 24.1 Å². The number of piperazine rings is 1. The Morgan fingerprint density at radius 3 is 2.67 bits per heavy atom. The summed E-state index contributed by atoms with van der Waals surface area (Å²) in [6.07, 6.45) is 6.09. The summed E-state index contributed by atoms with van der Waals surface area (Å²) in [5.41, 5.74) is 2.46. The van der Waals surface area contributed by atoms with Gasteiger partial charge in [-0.1, -0.05) is 0 Å². The van der Waals surface area contributed by atoms with E-state index in [0.717, 1.165) is 38.5 Å². The maximum Gasteiger partial charge on any atom is 0.213 e. The Morgan fingerprint density at radius 1 is 1.08 bits per heavy atom. The monoisotopic (exact) mass is 325 g/mol. The molecule has 1 aliphatic carbocycles. The van der Waals surface area contributed by atoms with Gasteiger partial charge in [-0.05, 0) is 24.5 Å². The summed E-state index contributed by atoms with van der Waals surface area (Å²) in [7, 11) is 1.66. The quantitative estimate of drug-likeness (QED) is 0.839. The summed E-state index contributed by atoms with van der Waals surface area (Å²) in [5.74, 6) is 2.44. The van der Waals surface area contributed by atoms with Gasteiger partial charge in [0, 0.05) is 62.7 Å². The van der Waals surface area contributed by atoms with Crippen LogP contribution >= 0.6 is 0 Å². The number of hydrogen-bond acceptors (Lipinski definition) is 6. The van der Waals surface area contributed by atoms with Crippen LogP contribution in [0.5, 0.6) is 5.88 Å². The standard InChI is InChI=1S/C18H23N5O/c1-24-18-10-14(4-5-19-18)12-22-6-8-23(9-7-22)17-11-16(15-2-3-15)20-13-21-17/h4-5,10-11,13,15H,2-3,6-9,12H2,1H3. The van der Waals surface area contributed by atoms with E-state index in [0.29, 0.717) is 11.8 Å². The first-order valence-corrected chi connectivity index (χ1v) is 8.60. The molecule has 0 atom stereocenters. The molecule has 0 unspecified atom stereocenters. The molecule has 0 bridgehead atoms. The van der Waals surface area contributed by atoms with Crippen molar-refractivity contribution in [3.05, 3.63) is 42.0 Å². The van der Waals surface area contributed by atoms with Crippen molar-refractivity contribution in [2.24, 2.45) is 0 Å². The average Bonchev–Trinajstić information content (AvgIpc) is 3.48. The van der Waals surface area contributed by atoms with E-state index in [2.05, 4.69) is 36.9 Å². The van der Waals surface area contributed by atoms with Crippen molar-refractivity contribution in [1.29, 1.82) is 0 Å². The number of methoxy groups -OCH3 is 1. The predicted octanol–water partition coefficient (Wildman–Crippen LogP) is 2.08. The minimum atomic E-state index is 0.676. The molecule has 2 aromatic rings. The Kier molecular flexibility index (Phi) is 4.30. The van der Waals surface area contributed by atoms with Crippen molar-refractivity contribution in [2.45, 2.75) is 25.3 Å². The smallest absolute Gasteiger partial charge is 0.213 e. The summed E-state index contributed by atoms with van der Waals surface area (Å²) in [6.45, 7) is 5.01. The molecule has 4 rings (SSSR count). The molecule has 0 amide bonds. The highest BCUT2D eigenvalue weighted by Crippen LogP contribution is 2.39. The molecule has 1 saturated carbocycles. The zero-order chi connectivity index (χ0) is 16.4.